The van der Waals surface area contributed by atoms with E-state index in [2.05, 4.69) is 40.4 Å². The van der Waals surface area contributed by atoms with Gasteiger partial charge in [-0.15, -0.1) is 0 Å². The van der Waals surface area contributed by atoms with E-state index < -0.39 is 5.97 Å². The van der Waals surface area contributed by atoms with E-state index in [1.807, 2.05) is 78.9 Å². The number of nitrogens with zero attached hydrogens (tertiary/aromatic N) is 2. The highest BCUT2D eigenvalue weighted by Crippen LogP contribution is 2.43. The van der Waals surface area contributed by atoms with Crippen molar-refractivity contribution in [2.45, 2.75) is 32.6 Å². The molecule has 0 unspecified atom stereocenters. The third-order valence-corrected chi connectivity index (χ3v) is 8.26. The van der Waals surface area contributed by atoms with Crippen LogP contribution >= 0.6 is 0 Å². The Morgan fingerprint density at radius 3 is 2.02 bits per heavy atom. The normalized spacial score (nSPS) is 11.3. The van der Waals surface area contributed by atoms with Gasteiger partial charge in [-0.05, 0) is 64.4 Å². The Morgan fingerprint density at radius 2 is 1.40 bits per heavy atom. The van der Waals surface area contributed by atoms with Crippen LogP contribution in [0.5, 0.6) is 5.75 Å². The second kappa shape index (κ2) is 13.2. The summed E-state index contributed by atoms with van der Waals surface area (Å²) in [6, 6.07) is 32.1. The zero-order valence-corrected chi connectivity index (χ0v) is 25.9. The van der Waals surface area contributed by atoms with E-state index in [1.54, 1.807) is 12.5 Å². The predicted molar refractivity (Wildman–Crippen MR) is 181 cm³/mol. The number of rotatable bonds is 12. The lowest BCUT2D eigenvalue weighted by Crippen LogP contribution is -2.05. The molecule has 8 heteroatoms. The molecular weight excluding hydrogens is 590 g/mol. The van der Waals surface area contributed by atoms with Gasteiger partial charge < -0.3 is 23.9 Å². The molecule has 0 bridgehead atoms. The van der Waals surface area contributed by atoms with Crippen LogP contribution in [0.15, 0.2) is 119 Å². The molecule has 3 heterocycles. The van der Waals surface area contributed by atoms with Crippen molar-refractivity contribution in [2.75, 3.05) is 6.61 Å². The molecule has 7 aromatic rings. The second-order valence-electron chi connectivity index (χ2n) is 11.5. The predicted octanol–water partition coefficient (Wildman–Crippen LogP) is 9.01. The molecule has 234 valence electrons. The summed E-state index contributed by atoms with van der Waals surface area (Å²) in [5.74, 6) is -0.0691. The number of carboxylic acid groups (broad SMARTS) is 1. The maximum atomic E-state index is 11.2. The minimum absolute atomic E-state index is 0.00319. The fraction of sp³-hybridized carbons (Fsp3) is 0.154. The number of aryl methyl sites for hydroxylation is 1. The highest BCUT2D eigenvalue weighted by atomic mass is 16.5. The molecule has 0 amide bonds. The van der Waals surface area contributed by atoms with Crippen molar-refractivity contribution in [1.82, 2.24) is 15.3 Å². The van der Waals surface area contributed by atoms with Crippen LogP contribution in [-0.4, -0.2) is 33.0 Å². The lowest BCUT2D eigenvalue weighted by molar-refractivity contribution is -0.136. The van der Waals surface area contributed by atoms with E-state index in [0.29, 0.717) is 18.7 Å². The molecule has 47 heavy (non-hydrogen) atoms. The summed E-state index contributed by atoms with van der Waals surface area (Å²) in [5.41, 5.74) is 10.7. The number of carbonyl (C=O) groups is 1. The SMILES string of the molecule is CCCc1cc(-c2nocc2-c2ccccc2)c(-c2nocc2-c2ccccc2)cc1OCCc1cc2cc(CC(=O)O)ccc2[nH]1. The average Bonchev–Trinajstić information content (AvgIpc) is 3.86. The molecule has 2 N–H and O–H groups in total. The molecule has 0 radical (unpaired) electrons. The first-order valence-corrected chi connectivity index (χ1v) is 15.7. The van der Waals surface area contributed by atoms with Gasteiger partial charge in [-0.3, -0.25) is 4.79 Å². The van der Waals surface area contributed by atoms with Gasteiger partial charge in [0, 0.05) is 39.9 Å². The standard InChI is InChI=1S/C39H33N3O5/c1-2-9-28-21-31(38-33(23-46-41-38)26-10-5-3-6-11-26)32(39-34(24-47-42-39)27-12-7-4-8-13-27)22-36(28)45-17-16-30-20-29-18-25(19-37(43)44)14-15-35(29)40-30/h3-8,10-15,18,20-24,40H,2,9,16-17,19H2,1H3,(H,43,44). The van der Waals surface area contributed by atoms with Crippen molar-refractivity contribution >= 4 is 16.9 Å². The summed E-state index contributed by atoms with van der Waals surface area (Å²) in [6.45, 7) is 2.59. The van der Waals surface area contributed by atoms with Crippen LogP contribution in [0.1, 0.15) is 30.2 Å². The molecule has 0 aliphatic heterocycles. The summed E-state index contributed by atoms with van der Waals surface area (Å²) in [7, 11) is 0. The monoisotopic (exact) mass is 623 g/mol. The van der Waals surface area contributed by atoms with Gasteiger partial charge >= 0.3 is 5.97 Å². The van der Waals surface area contributed by atoms with Gasteiger partial charge in [-0.25, -0.2) is 0 Å². The van der Waals surface area contributed by atoms with Gasteiger partial charge in [0.1, 0.15) is 29.7 Å². The van der Waals surface area contributed by atoms with Crippen LogP contribution in [0.3, 0.4) is 0 Å². The quantitative estimate of drug-likeness (QED) is 0.140. The van der Waals surface area contributed by atoms with Gasteiger partial charge in [0.2, 0.25) is 0 Å². The molecule has 0 saturated heterocycles. The first kappa shape index (κ1) is 29.8. The van der Waals surface area contributed by atoms with Crippen molar-refractivity contribution in [1.29, 1.82) is 0 Å². The Bertz CT molecular complexity index is 2140. The van der Waals surface area contributed by atoms with E-state index in [1.165, 1.54) is 0 Å². The molecule has 0 atom stereocenters. The largest absolute Gasteiger partial charge is 0.493 e. The Hall–Kier alpha value is -5.89. The fourth-order valence-corrected chi connectivity index (χ4v) is 6.05. The van der Waals surface area contributed by atoms with Crippen LogP contribution in [-0.2, 0) is 24.1 Å². The summed E-state index contributed by atoms with van der Waals surface area (Å²) < 4.78 is 17.7. The topological polar surface area (TPSA) is 114 Å². The number of H-pyrrole nitrogens is 1. The highest BCUT2D eigenvalue weighted by Gasteiger charge is 2.24. The number of carboxylic acids is 1. The summed E-state index contributed by atoms with van der Waals surface area (Å²) in [5, 5.41) is 19.2. The molecule has 4 aromatic carbocycles. The lowest BCUT2D eigenvalue weighted by atomic mass is 9.91. The molecule has 3 aromatic heterocycles. The number of benzene rings is 4. The minimum atomic E-state index is -0.844. The lowest BCUT2D eigenvalue weighted by Gasteiger charge is -2.17. The van der Waals surface area contributed by atoms with Crippen molar-refractivity contribution in [2.24, 2.45) is 0 Å². The summed E-state index contributed by atoms with van der Waals surface area (Å²) in [6.07, 6.45) is 5.74. The molecule has 0 aliphatic rings. The van der Waals surface area contributed by atoms with Gasteiger partial charge in [0.05, 0.1) is 13.0 Å². The highest BCUT2D eigenvalue weighted by molar-refractivity contribution is 5.93. The summed E-state index contributed by atoms with van der Waals surface area (Å²) >= 11 is 0. The third kappa shape index (κ3) is 6.31. The average molecular weight is 624 g/mol. The van der Waals surface area contributed by atoms with E-state index in [0.717, 1.165) is 85.4 Å². The molecule has 7 rings (SSSR count). The fourth-order valence-electron chi connectivity index (χ4n) is 6.05. The third-order valence-electron chi connectivity index (χ3n) is 8.26. The Balaban J connectivity index is 1.27. The van der Waals surface area contributed by atoms with Crippen molar-refractivity contribution in [3.8, 4) is 50.5 Å². The van der Waals surface area contributed by atoms with Gasteiger partial charge in [0.15, 0.2) is 0 Å². The minimum Gasteiger partial charge on any atom is -0.493 e. The van der Waals surface area contributed by atoms with Crippen molar-refractivity contribution < 1.29 is 23.7 Å². The molecule has 0 fully saturated rings. The smallest absolute Gasteiger partial charge is 0.307 e. The first-order chi connectivity index (χ1) is 23.1. The number of fused-ring (bicyclic) bond motifs is 1. The molecule has 0 saturated carbocycles. The number of hydrogen-bond donors (Lipinski definition) is 2. The first-order valence-electron chi connectivity index (χ1n) is 15.7. The van der Waals surface area contributed by atoms with Gasteiger partial charge in [-0.1, -0.05) is 90.4 Å². The maximum Gasteiger partial charge on any atom is 0.307 e. The van der Waals surface area contributed by atoms with Gasteiger partial charge in [-0.2, -0.15) is 0 Å². The summed E-state index contributed by atoms with van der Waals surface area (Å²) in [4.78, 5) is 14.6. The maximum absolute atomic E-state index is 11.2. The van der Waals surface area contributed by atoms with Gasteiger partial charge in [0.25, 0.3) is 0 Å². The molecular formula is C39H33N3O5. The molecule has 0 aliphatic carbocycles. The van der Waals surface area contributed by atoms with E-state index in [-0.39, 0.29) is 6.42 Å². The number of nitrogens with one attached hydrogen (secondary N) is 1. The van der Waals surface area contributed by atoms with Crippen LogP contribution in [0.4, 0.5) is 0 Å². The second-order valence-corrected chi connectivity index (χ2v) is 11.5. The van der Waals surface area contributed by atoms with Crippen LogP contribution in [0.2, 0.25) is 0 Å². The number of aliphatic carboxylic acids is 1. The van der Waals surface area contributed by atoms with Crippen LogP contribution in [0, 0.1) is 0 Å². The number of aromatic nitrogens is 3. The van der Waals surface area contributed by atoms with Crippen molar-refractivity contribution in [3.05, 3.63) is 126 Å². The van der Waals surface area contributed by atoms with Crippen LogP contribution in [0.25, 0.3) is 55.7 Å². The number of hydrogen-bond acceptors (Lipinski definition) is 6. The zero-order chi connectivity index (χ0) is 32.2. The van der Waals surface area contributed by atoms with E-state index >= 15 is 0 Å². The van der Waals surface area contributed by atoms with Crippen molar-refractivity contribution in [3.63, 3.8) is 0 Å². The number of ether oxygens (including phenoxy) is 1. The Kier molecular flexibility index (Phi) is 8.39. The molecule has 8 nitrogen and oxygen atoms in total. The Morgan fingerprint density at radius 1 is 0.766 bits per heavy atom. The van der Waals surface area contributed by atoms with E-state index in [9.17, 15) is 9.90 Å². The molecule has 0 spiro atoms. The Labute approximate surface area is 271 Å². The van der Waals surface area contributed by atoms with E-state index in [4.69, 9.17) is 13.8 Å². The zero-order valence-electron chi connectivity index (χ0n) is 25.9. The number of aromatic amines is 1. The van der Waals surface area contributed by atoms with Crippen LogP contribution < -0.4 is 4.74 Å².